The largest absolute Gasteiger partial charge is 0.341 e. The molecule has 4 bridgehead atoms. The molecular weight excluding hydrogens is 236 g/mol. The molecule has 5 rings (SSSR count). The number of amides is 1. The van der Waals surface area contributed by atoms with Crippen LogP contribution in [0.25, 0.3) is 0 Å². The summed E-state index contributed by atoms with van der Waals surface area (Å²) in [5.74, 6) is 4.59. The van der Waals surface area contributed by atoms with Crippen LogP contribution in [0.3, 0.4) is 0 Å². The molecule has 2 N–H and O–H groups in total. The van der Waals surface area contributed by atoms with Gasteiger partial charge in [-0.25, -0.2) is 0 Å². The third-order valence-corrected chi connectivity index (χ3v) is 6.49. The maximum absolute atomic E-state index is 12.9. The van der Waals surface area contributed by atoms with Crippen molar-refractivity contribution in [3.05, 3.63) is 0 Å². The Balaban J connectivity index is 1.52. The molecule has 0 aromatic heterocycles. The molecule has 1 aliphatic heterocycles. The van der Waals surface area contributed by atoms with E-state index in [1.54, 1.807) is 0 Å². The number of hydrogen-bond acceptors (Lipinski definition) is 2. The van der Waals surface area contributed by atoms with Crippen LogP contribution in [0.4, 0.5) is 0 Å². The minimum atomic E-state index is 0.195. The lowest BCUT2D eigenvalue weighted by Crippen LogP contribution is -2.51. The summed E-state index contributed by atoms with van der Waals surface area (Å²) < 4.78 is 0. The van der Waals surface area contributed by atoms with Crippen LogP contribution in [0, 0.1) is 35.5 Å². The Morgan fingerprint density at radius 1 is 1.00 bits per heavy atom. The molecule has 4 aliphatic carbocycles. The molecule has 0 aromatic carbocycles. The van der Waals surface area contributed by atoms with Crippen LogP contribution in [0.2, 0.25) is 0 Å². The highest BCUT2D eigenvalue weighted by atomic mass is 16.2. The van der Waals surface area contributed by atoms with E-state index < -0.39 is 0 Å². The van der Waals surface area contributed by atoms with Gasteiger partial charge in [-0.3, -0.25) is 4.79 Å². The number of nitrogens with two attached hydrogens (primary N) is 1. The van der Waals surface area contributed by atoms with Crippen molar-refractivity contribution < 1.29 is 4.79 Å². The average molecular weight is 262 g/mol. The second kappa shape index (κ2) is 4.21. The number of carbonyl (C=O) groups excluding carboxylic acids is 1. The lowest BCUT2D eigenvalue weighted by molar-refractivity contribution is -0.148. The molecule has 2 atom stereocenters. The van der Waals surface area contributed by atoms with Gasteiger partial charge >= 0.3 is 0 Å². The van der Waals surface area contributed by atoms with Crippen LogP contribution in [-0.4, -0.2) is 29.9 Å². The minimum absolute atomic E-state index is 0.195. The fourth-order valence-electron chi connectivity index (χ4n) is 5.71. The fourth-order valence-corrected chi connectivity index (χ4v) is 5.71. The van der Waals surface area contributed by atoms with E-state index in [1.165, 1.54) is 32.1 Å². The first-order chi connectivity index (χ1) is 9.11. The number of nitrogens with zero attached hydrogens (tertiary/aromatic N) is 1. The maximum Gasteiger partial charge on any atom is 0.226 e. The summed E-state index contributed by atoms with van der Waals surface area (Å²) in [6.45, 7) is 3.86. The van der Waals surface area contributed by atoms with Gasteiger partial charge in [0, 0.05) is 25.0 Å². The van der Waals surface area contributed by atoms with E-state index in [2.05, 4.69) is 11.8 Å². The topological polar surface area (TPSA) is 46.3 Å². The van der Waals surface area contributed by atoms with Gasteiger partial charge in [0.2, 0.25) is 5.91 Å². The molecular formula is C16H26N2O. The number of carbonyl (C=O) groups is 1. The summed E-state index contributed by atoms with van der Waals surface area (Å²) in [5.41, 5.74) is 6.09. The highest BCUT2D eigenvalue weighted by molar-refractivity contribution is 5.80. The summed E-state index contributed by atoms with van der Waals surface area (Å²) >= 11 is 0. The summed E-state index contributed by atoms with van der Waals surface area (Å²) in [6, 6.07) is 0.195. The lowest BCUT2D eigenvalue weighted by Gasteiger charge is -2.54. The lowest BCUT2D eigenvalue weighted by atomic mass is 9.51. The molecule has 1 heterocycles. The third kappa shape index (κ3) is 1.84. The summed E-state index contributed by atoms with van der Waals surface area (Å²) in [6.07, 6.45) is 6.79. The van der Waals surface area contributed by atoms with Gasteiger partial charge in [0.1, 0.15) is 0 Å². The van der Waals surface area contributed by atoms with Crippen LogP contribution >= 0.6 is 0 Å². The van der Waals surface area contributed by atoms with Crippen molar-refractivity contribution in [2.24, 2.45) is 41.2 Å². The first-order valence-corrected chi connectivity index (χ1v) is 8.16. The highest BCUT2D eigenvalue weighted by Crippen LogP contribution is 2.57. The van der Waals surface area contributed by atoms with E-state index in [9.17, 15) is 4.79 Å². The molecule has 1 saturated heterocycles. The first-order valence-electron chi connectivity index (χ1n) is 8.16. The zero-order valence-corrected chi connectivity index (χ0v) is 11.9. The molecule has 4 saturated carbocycles. The van der Waals surface area contributed by atoms with Crippen LogP contribution in [0.5, 0.6) is 0 Å². The van der Waals surface area contributed by atoms with Gasteiger partial charge in [-0.15, -0.1) is 0 Å². The van der Waals surface area contributed by atoms with Gasteiger partial charge in [-0.1, -0.05) is 6.92 Å². The second-order valence-corrected chi connectivity index (χ2v) is 7.84. The molecule has 0 aromatic rings. The molecule has 106 valence electrons. The fraction of sp³-hybridized carbons (Fsp3) is 0.938. The average Bonchev–Trinajstić information content (AvgIpc) is 2.68. The summed E-state index contributed by atoms with van der Waals surface area (Å²) in [4.78, 5) is 15.0. The van der Waals surface area contributed by atoms with Gasteiger partial charge in [-0.2, -0.15) is 0 Å². The van der Waals surface area contributed by atoms with Crippen LogP contribution in [-0.2, 0) is 4.79 Å². The number of rotatable bonds is 1. The Morgan fingerprint density at radius 2 is 1.58 bits per heavy atom. The van der Waals surface area contributed by atoms with Gasteiger partial charge in [0.05, 0.1) is 0 Å². The quantitative estimate of drug-likeness (QED) is 0.784. The van der Waals surface area contributed by atoms with E-state index in [4.69, 9.17) is 5.73 Å². The van der Waals surface area contributed by atoms with Gasteiger partial charge in [0.25, 0.3) is 0 Å². The number of likely N-dealkylation sites (tertiary alicyclic amines) is 1. The SMILES string of the molecule is CC1CN(C(=O)C2C3CC4CC(C3)CC2C4)CC1N. The molecule has 0 spiro atoms. The van der Waals surface area contributed by atoms with Crippen LogP contribution in [0.1, 0.15) is 39.0 Å². The molecule has 5 fully saturated rings. The van der Waals surface area contributed by atoms with E-state index in [-0.39, 0.29) is 6.04 Å². The molecule has 19 heavy (non-hydrogen) atoms. The molecule has 1 amide bonds. The van der Waals surface area contributed by atoms with Crippen molar-refractivity contribution in [2.45, 2.75) is 45.1 Å². The van der Waals surface area contributed by atoms with E-state index in [1.807, 2.05) is 0 Å². The summed E-state index contributed by atoms with van der Waals surface area (Å²) in [7, 11) is 0. The van der Waals surface area contributed by atoms with Crippen molar-refractivity contribution in [1.29, 1.82) is 0 Å². The standard InChI is InChI=1S/C16H26N2O/c1-9-7-18(8-14(9)17)16(19)15-12-3-10-2-11(5-12)6-13(15)4-10/h9-15H,2-8,17H2,1H3. The molecule has 3 heteroatoms. The predicted octanol–water partition coefficient (Wildman–Crippen LogP) is 1.86. The van der Waals surface area contributed by atoms with Crippen molar-refractivity contribution >= 4 is 5.91 Å². The Bertz CT molecular complexity index is 356. The predicted molar refractivity (Wildman–Crippen MR) is 74.3 cm³/mol. The monoisotopic (exact) mass is 262 g/mol. The molecule has 5 aliphatic rings. The highest BCUT2D eigenvalue weighted by Gasteiger charge is 2.52. The van der Waals surface area contributed by atoms with Gasteiger partial charge in [0.15, 0.2) is 0 Å². The van der Waals surface area contributed by atoms with Crippen molar-refractivity contribution in [2.75, 3.05) is 13.1 Å². The Hall–Kier alpha value is -0.570. The molecule has 0 radical (unpaired) electrons. The zero-order valence-electron chi connectivity index (χ0n) is 11.9. The Kier molecular flexibility index (Phi) is 2.70. The Morgan fingerprint density at radius 3 is 2.05 bits per heavy atom. The van der Waals surface area contributed by atoms with E-state index in [0.29, 0.717) is 29.6 Å². The van der Waals surface area contributed by atoms with Crippen molar-refractivity contribution in [3.8, 4) is 0 Å². The minimum Gasteiger partial charge on any atom is -0.341 e. The second-order valence-electron chi connectivity index (χ2n) is 7.84. The normalized spacial score (nSPS) is 51.9. The van der Waals surface area contributed by atoms with Crippen LogP contribution < -0.4 is 5.73 Å². The van der Waals surface area contributed by atoms with Gasteiger partial charge < -0.3 is 10.6 Å². The molecule has 3 nitrogen and oxygen atoms in total. The maximum atomic E-state index is 12.9. The van der Waals surface area contributed by atoms with Crippen molar-refractivity contribution in [3.63, 3.8) is 0 Å². The number of hydrogen-bond donors (Lipinski definition) is 1. The van der Waals surface area contributed by atoms with E-state index >= 15 is 0 Å². The van der Waals surface area contributed by atoms with Gasteiger partial charge in [-0.05, 0) is 61.7 Å². The van der Waals surface area contributed by atoms with Crippen molar-refractivity contribution in [1.82, 2.24) is 4.90 Å². The molecule has 2 unspecified atom stereocenters. The summed E-state index contributed by atoms with van der Waals surface area (Å²) in [5, 5.41) is 0. The smallest absolute Gasteiger partial charge is 0.226 e. The zero-order chi connectivity index (χ0) is 13.1. The third-order valence-electron chi connectivity index (χ3n) is 6.49. The Labute approximate surface area is 115 Å². The first kappa shape index (κ1) is 12.2. The van der Waals surface area contributed by atoms with E-state index in [0.717, 1.165) is 24.9 Å². The van der Waals surface area contributed by atoms with Crippen LogP contribution in [0.15, 0.2) is 0 Å².